The number of imide groups is 1. The molecule has 3 amide bonds. The van der Waals surface area contributed by atoms with Crippen LogP contribution in [0.15, 0.2) is 23.1 Å². The summed E-state index contributed by atoms with van der Waals surface area (Å²) in [4.78, 5) is 35.6. The van der Waals surface area contributed by atoms with E-state index in [-0.39, 0.29) is 17.9 Å². The summed E-state index contributed by atoms with van der Waals surface area (Å²) >= 11 is 0. The molecule has 10 heteroatoms. The minimum atomic E-state index is -3.77. The van der Waals surface area contributed by atoms with Crippen molar-refractivity contribution in [3.63, 3.8) is 0 Å². The summed E-state index contributed by atoms with van der Waals surface area (Å²) in [5.41, 5.74) is 1.00. The molecule has 0 unspecified atom stereocenters. The summed E-state index contributed by atoms with van der Waals surface area (Å²) in [5, 5.41) is 4.62. The standard InChI is InChI=1S/C19H29N3O6S/c1-12-7-8-15(13(2)11-12)29(26,27)20-10-9-16(23)28-14(3)17(24)21-18(25)22-19(4,5)6/h7-8,11,14,20H,9-10H2,1-6H3,(H2,21,22,24,25)/t14-/m1/s1. The van der Waals surface area contributed by atoms with Crippen LogP contribution in [0.25, 0.3) is 0 Å². The molecule has 0 aliphatic heterocycles. The maximum Gasteiger partial charge on any atom is 0.321 e. The minimum Gasteiger partial charge on any atom is -0.452 e. The van der Waals surface area contributed by atoms with E-state index in [9.17, 15) is 22.8 Å². The molecule has 9 nitrogen and oxygen atoms in total. The fraction of sp³-hybridized carbons (Fsp3) is 0.526. The Balaban J connectivity index is 2.50. The lowest BCUT2D eigenvalue weighted by Crippen LogP contribution is -2.50. The lowest BCUT2D eigenvalue weighted by atomic mass is 10.1. The van der Waals surface area contributed by atoms with Gasteiger partial charge in [0.05, 0.1) is 11.3 Å². The number of aryl methyl sites for hydroxylation is 2. The van der Waals surface area contributed by atoms with Crippen LogP contribution in [-0.2, 0) is 24.3 Å². The highest BCUT2D eigenvalue weighted by molar-refractivity contribution is 7.89. The van der Waals surface area contributed by atoms with Crippen LogP contribution in [0.1, 0.15) is 45.2 Å². The maximum absolute atomic E-state index is 12.3. The van der Waals surface area contributed by atoms with Crippen molar-refractivity contribution in [2.45, 2.75) is 64.5 Å². The first-order valence-corrected chi connectivity index (χ1v) is 10.6. The van der Waals surface area contributed by atoms with E-state index in [0.29, 0.717) is 5.56 Å². The second-order valence-electron chi connectivity index (χ2n) is 7.74. The van der Waals surface area contributed by atoms with Crippen molar-refractivity contribution in [3.05, 3.63) is 29.3 Å². The average Bonchev–Trinajstić information content (AvgIpc) is 2.51. The number of rotatable bonds is 7. The number of amides is 3. The van der Waals surface area contributed by atoms with Gasteiger partial charge >= 0.3 is 12.0 Å². The number of ether oxygens (including phenoxy) is 1. The summed E-state index contributed by atoms with van der Waals surface area (Å²) in [6.07, 6.45) is -1.47. The quantitative estimate of drug-likeness (QED) is 0.566. The van der Waals surface area contributed by atoms with Gasteiger partial charge in [-0.05, 0) is 53.2 Å². The molecular formula is C19H29N3O6S. The molecule has 0 aliphatic carbocycles. The highest BCUT2D eigenvalue weighted by atomic mass is 32.2. The van der Waals surface area contributed by atoms with Gasteiger partial charge in [0.25, 0.3) is 5.91 Å². The molecule has 0 saturated carbocycles. The third-order valence-electron chi connectivity index (χ3n) is 3.64. The molecule has 162 valence electrons. The second-order valence-corrected chi connectivity index (χ2v) is 9.48. The molecule has 1 aromatic rings. The van der Waals surface area contributed by atoms with Gasteiger partial charge in [0.15, 0.2) is 6.10 Å². The third kappa shape index (κ3) is 8.61. The Hall–Kier alpha value is -2.46. The smallest absolute Gasteiger partial charge is 0.321 e. The van der Waals surface area contributed by atoms with Gasteiger partial charge in [-0.25, -0.2) is 17.9 Å². The topological polar surface area (TPSA) is 131 Å². The molecule has 0 spiro atoms. The predicted molar refractivity (Wildman–Crippen MR) is 108 cm³/mol. The number of hydrogen-bond donors (Lipinski definition) is 3. The number of carbonyl (C=O) groups excluding carboxylic acids is 3. The Morgan fingerprint density at radius 3 is 2.31 bits per heavy atom. The molecule has 0 radical (unpaired) electrons. The van der Waals surface area contributed by atoms with Gasteiger partial charge in [0.1, 0.15) is 0 Å². The SMILES string of the molecule is Cc1ccc(S(=O)(=O)NCCC(=O)O[C@H](C)C(=O)NC(=O)NC(C)(C)C)c(C)c1. The maximum atomic E-state index is 12.3. The van der Waals surface area contributed by atoms with E-state index < -0.39 is 39.6 Å². The normalized spacial score (nSPS) is 12.8. The van der Waals surface area contributed by atoms with Gasteiger partial charge in [-0.1, -0.05) is 17.7 Å². The van der Waals surface area contributed by atoms with Crippen molar-refractivity contribution in [2.24, 2.45) is 0 Å². The molecule has 3 N–H and O–H groups in total. The number of urea groups is 1. The first-order valence-electron chi connectivity index (χ1n) is 9.10. The van der Waals surface area contributed by atoms with Gasteiger partial charge in [0.2, 0.25) is 10.0 Å². The van der Waals surface area contributed by atoms with E-state index >= 15 is 0 Å². The van der Waals surface area contributed by atoms with Gasteiger partial charge in [-0.2, -0.15) is 0 Å². The van der Waals surface area contributed by atoms with Gasteiger partial charge in [0, 0.05) is 12.1 Å². The Morgan fingerprint density at radius 2 is 1.76 bits per heavy atom. The van der Waals surface area contributed by atoms with Crippen LogP contribution in [0.2, 0.25) is 0 Å². The number of sulfonamides is 1. The molecule has 0 saturated heterocycles. The van der Waals surface area contributed by atoms with Crippen molar-refractivity contribution in [2.75, 3.05) is 6.54 Å². The molecule has 0 aromatic heterocycles. The molecule has 0 bridgehead atoms. The molecule has 1 aromatic carbocycles. The van der Waals surface area contributed by atoms with Crippen molar-refractivity contribution in [3.8, 4) is 0 Å². The number of carbonyl (C=O) groups is 3. The third-order valence-corrected chi connectivity index (χ3v) is 5.27. The van der Waals surface area contributed by atoms with E-state index in [1.54, 1.807) is 39.8 Å². The van der Waals surface area contributed by atoms with E-state index in [0.717, 1.165) is 5.56 Å². The second kappa shape index (κ2) is 9.84. The number of esters is 1. The fourth-order valence-electron chi connectivity index (χ4n) is 2.36. The zero-order valence-corrected chi connectivity index (χ0v) is 18.4. The summed E-state index contributed by atoms with van der Waals surface area (Å²) < 4.78 is 32.0. The largest absolute Gasteiger partial charge is 0.452 e. The van der Waals surface area contributed by atoms with Crippen LogP contribution in [0.3, 0.4) is 0 Å². The Morgan fingerprint density at radius 1 is 1.14 bits per heavy atom. The highest BCUT2D eigenvalue weighted by Crippen LogP contribution is 2.16. The predicted octanol–water partition coefficient (Wildman–Crippen LogP) is 1.53. The van der Waals surface area contributed by atoms with Crippen LogP contribution < -0.4 is 15.4 Å². The minimum absolute atomic E-state index is 0.133. The van der Waals surface area contributed by atoms with Gasteiger partial charge in [-0.3, -0.25) is 14.9 Å². The molecule has 29 heavy (non-hydrogen) atoms. The summed E-state index contributed by atoms with van der Waals surface area (Å²) in [5.74, 6) is -1.55. The fourth-order valence-corrected chi connectivity index (χ4v) is 3.62. The lowest BCUT2D eigenvalue weighted by Gasteiger charge is -2.21. The van der Waals surface area contributed by atoms with Crippen LogP contribution in [0.4, 0.5) is 4.79 Å². The first-order chi connectivity index (χ1) is 13.2. The highest BCUT2D eigenvalue weighted by Gasteiger charge is 2.22. The molecule has 0 heterocycles. The number of hydrogen-bond acceptors (Lipinski definition) is 6. The van der Waals surface area contributed by atoms with Crippen molar-refractivity contribution in [1.29, 1.82) is 0 Å². The summed E-state index contributed by atoms with van der Waals surface area (Å²) in [7, 11) is -3.77. The molecular weight excluding hydrogens is 398 g/mol. The zero-order chi connectivity index (χ0) is 22.4. The Bertz CT molecular complexity index is 874. The van der Waals surface area contributed by atoms with Crippen molar-refractivity contribution < 1.29 is 27.5 Å². The van der Waals surface area contributed by atoms with Crippen LogP contribution in [-0.4, -0.2) is 44.5 Å². The van der Waals surface area contributed by atoms with Crippen molar-refractivity contribution in [1.82, 2.24) is 15.4 Å². The monoisotopic (exact) mass is 427 g/mol. The number of nitrogens with one attached hydrogen (secondary N) is 3. The van der Waals surface area contributed by atoms with Gasteiger partial charge in [-0.15, -0.1) is 0 Å². The van der Waals surface area contributed by atoms with E-state index in [1.807, 2.05) is 6.92 Å². The van der Waals surface area contributed by atoms with E-state index in [2.05, 4.69) is 15.4 Å². The average molecular weight is 428 g/mol. The Kier molecular flexibility index (Phi) is 8.34. The zero-order valence-electron chi connectivity index (χ0n) is 17.6. The van der Waals surface area contributed by atoms with Crippen LogP contribution in [0, 0.1) is 13.8 Å². The van der Waals surface area contributed by atoms with Gasteiger partial charge < -0.3 is 10.1 Å². The van der Waals surface area contributed by atoms with Crippen molar-refractivity contribution >= 4 is 27.9 Å². The van der Waals surface area contributed by atoms with E-state index in [1.165, 1.54) is 13.0 Å². The van der Waals surface area contributed by atoms with E-state index in [4.69, 9.17) is 4.74 Å². The number of benzene rings is 1. The first kappa shape index (κ1) is 24.6. The van der Waals surface area contributed by atoms with Crippen LogP contribution >= 0.6 is 0 Å². The van der Waals surface area contributed by atoms with Crippen LogP contribution in [0.5, 0.6) is 0 Å². The lowest BCUT2D eigenvalue weighted by molar-refractivity contribution is -0.154. The summed E-state index contributed by atoms with van der Waals surface area (Å²) in [6.45, 7) is 9.92. The Labute approximate surface area is 171 Å². The summed E-state index contributed by atoms with van der Waals surface area (Å²) in [6, 6.07) is 4.23. The molecule has 0 aliphatic rings. The molecule has 1 rings (SSSR count). The molecule has 0 fully saturated rings. The molecule has 1 atom stereocenters.